The summed E-state index contributed by atoms with van der Waals surface area (Å²) in [5, 5.41) is 2.91. The first kappa shape index (κ1) is 16.4. The van der Waals surface area contributed by atoms with E-state index in [9.17, 15) is 9.59 Å². The number of hydrogen-bond acceptors (Lipinski definition) is 5. The summed E-state index contributed by atoms with van der Waals surface area (Å²) in [6, 6.07) is 5.27. The van der Waals surface area contributed by atoms with E-state index in [2.05, 4.69) is 15.3 Å². The summed E-state index contributed by atoms with van der Waals surface area (Å²) < 4.78 is 0. The van der Waals surface area contributed by atoms with Gasteiger partial charge in [-0.15, -0.1) is 11.8 Å². The molecule has 1 aromatic carbocycles. The van der Waals surface area contributed by atoms with E-state index in [0.717, 1.165) is 11.3 Å². The van der Waals surface area contributed by atoms with Crippen molar-refractivity contribution < 1.29 is 9.59 Å². The maximum Gasteiger partial charge on any atom is 0.275 e. The molecule has 2 heterocycles. The van der Waals surface area contributed by atoms with Crippen molar-refractivity contribution in [3.05, 3.63) is 53.6 Å². The molecule has 0 spiro atoms. The van der Waals surface area contributed by atoms with Gasteiger partial charge in [-0.05, 0) is 37.1 Å². The van der Waals surface area contributed by atoms with Crippen LogP contribution in [0.25, 0.3) is 0 Å². The molecular weight excluding hydrogens is 324 g/mol. The molecule has 0 unspecified atom stereocenters. The third-order valence-corrected chi connectivity index (χ3v) is 5.01. The van der Waals surface area contributed by atoms with E-state index in [1.165, 1.54) is 24.2 Å². The van der Waals surface area contributed by atoms with Crippen LogP contribution in [0.1, 0.15) is 21.6 Å². The molecule has 1 aromatic heterocycles. The smallest absolute Gasteiger partial charge is 0.275 e. The summed E-state index contributed by atoms with van der Waals surface area (Å²) in [6.07, 6.45) is 4.41. The van der Waals surface area contributed by atoms with Crippen molar-refractivity contribution in [1.29, 1.82) is 0 Å². The molecule has 24 heavy (non-hydrogen) atoms. The molecule has 1 atom stereocenters. The average Bonchev–Trinajstić information content (AvgIpc) is 3.08. The Hall–Kier alpha value is -2.41. The van der Waals surface area contributed by atoms with Crippen molar-refractivity contribution in [1.82, 2.24) is 14.9 Å². The molecule has 1 N–H and O–H groups in total. The zero-order valence-electron chi connectivity index (χ0n) is 13.5. The molecule has 1 saturated heterocycles. The van der Waals surface area contributed by atoms with Crippen LogP contribution >= 0.6 is 11.8 Å². The van der Waals surface area contributed by atoms with Gasteiger partial charge in [0.1, 0.15) is 11.7 Å². The van der Waals surface area contributed by atoms with E-state index < -0.39 is 6.04 Å². The van der Waals surface area contributed by atoms with Gasteiger partial charge in [-0.1, -0.05) is 6.07 Å². The Morgan fingerprint density at radius 3 is 2.79 bits per heavy atom. The minimum absolute atomic E-state index is 0.180. The van der Waals surface area contributed by atoms with E-state index in [-0.39, 0.29) is 17.5 Å². The zero-order chi connectivity index (χ0) is 17.1. The molecule has 0 aliphatic carbocycles. The number of nitrogens with one attached hydrogen (secondary N) is 1. The summed E-state index contributed by atoms with van der Waals surface area (Å²) in [4.78, 5) is 34.6. The quantitative estimate of drug-likeness (QED) is 0.926. The Balaban J connectivity index is 1.74. The number of hydrogen-bond donors (Lipinski definition) is 1. The van der Waals surface area contributed by atoms with Crippen LogP contribution in [0.2, 0.25) is 0 Å². The molecular formula is C17H18N4O2S. The normalized spacial score (nSPS) is 16.9. The SMILES string of the molecule is Cc1ccc(NC(=O)[C@@H]2CSCN2C(=O)c2cnccn2)cc1C. The first-order chi connectivity index (χ1) is 11.6. The molecule has 0 radical (unpaired) electrons. The lowest BCUT2D eigenvalue weighted by Gasteiger charge is -2.22. The molecule has 6 nitrogen and oxygen atoms in total. The summed E-state index contributed by atoms with van der Waals surface area (Å²) >= 11 is 1.55. The van der Waals surface area contributed by atoms with Gasteiger partial charge >= 0.3 is 0 Å². The largest absolute Gasteiger partial charge is 0.324 e. The van der Waals surface area contributed by atoms with Crippen LogP contribution in [0.5, 0.6) is 0 Å². The Morgan fingerprint density at radius 2 is 2.08 bits per heavy atom. The highest BCUT2D eigenvalue weighted by molar-refractivity contribution is 7.99. The van der Waals surface area contributed by atoms with Gasteiger partial charge in [0.25, 0.3) is 5.91 Å². The molecule has 2 amide bonds. The number of aryl methyl sites for hydroxylation is 2. The highest BCUT2D eigenvalue weighted by Gasteiger charge is 2.35. The third kappa shape index (κ3) is 3.41. The number of carbonyl (C=O) groups is 2. The standard InChI is InChI=1S/C17H18N4O2S/c1-11-3-4-13(7-12(11)2)20-16(22)15-9-24-10-21(15)17(23)14-8-18-5-6-19-14/h3-8,15H,9-10H2,1-2H3,(H,20,22)/t15-/m0/s1. The molecule has 3 rings (SSSR count). The van der Waals surface area contributed by atoms with Crippen molar-refractivity contribution in [3.8, 4) is 0 Å². The molecule has 124 valence electrons. The fraction of sp³-hybridized carbons (Fsp3) is 0.294. The number of thioether (sulfide) groups is 1. The Morgan fingerprint density at radius 1 is 1.25 bits per heavy atom. The van der Waals surface area contributed by atoms with Gasteiger partial charge in [-0.3, -0.25) is 14.6 Å². The molecule has 1 aliphatic heterocycles. The molecule has 0 bridgehead atoms. The highest BCUT2D eigenvalue weighted by Crippen LogP contribution is 2.24. The van der Waals surface area contributed by atoms with Gasteiger partial charge in [0, 0.05) is 23.8 Å². The van der Waals surface area contributed by atoms with Crippen molar-refractivity contribution in [2.45, 2.75) is 19.9 Å². The molecule has 1 fully saturated rings. The van der Waals surface area contributed by atoms with Gasteiger partial charge in [0.15, 0.2) is 0 Å². The summed E-state index contributed by atoms with van der Waals surface area (Å²) in [7, 11) is 0. The van der Waals surface area contributed by atoms with Crippen LogP contribution in [0, 0.1) is 13.8 Å². The lowest BCUT2D eigenvalue weighted by Crippen LogP contribution is -2.44. The Bertz CT molecular complexity index is 766. The lowest BCUT2D eigenvalue weighted by molar-refractivity contribution is -0.119. The molecule has 2 aromatic rings. The first-order valence-corrected chi connectivity index (χ1v) is 8.74. The van der Waals surface area contributed by atoms with Crippen molar-refractivity contribution in [3.63, 3.8) is 0 Å². The predicted molar refractivity (Wildman–Crippen MR) is 93.9 cm³/mol. The Labute approximate surface area is 144 Å². The average molecular weight is 342 g/mol. The van der Waals surface area contributed by atoms with Gasteiger partial charge < -0.3 is 10.2 Å². The summed E-state index contributed by atoms with van der Waals surface area (Å²) in [5.74, 6) is 0.595. The Kier molecular flexibility index (Phi) is 4.80. The van der Waals surface area contributed by atoms with E-state index in [4.69, 9.17) is 0 Å². The number of benzene rings is 1. The van der Waals surface area contributed by atoms with Gasteiger partial charge in [0.05, 0.1) is 12.1 Å². The second kappa shape index (κ2) is 7.00. The van der Waals surface area contributed by atoms with E-state index >= 15 is 0 Å². The first-order valence-electron chi connectivity index (χ1n) is 7.59. The van der Waals surface area contributed by atoms with E-state index in [0.29, 0.717) is 11.6 Å². The highest BCUT2D eigenvalue weighted by atomic mass is 32.2. The van der Waals surface area contributed by atoms with Crippen LogP contribution < -0.4 is 5.32 Å². The van der Waals surface area contributed by atoms with Gasteiger partial charge in [-0.25, -0.2) is 4.98 Å². The minimum Gasteiger partial charge on any atom is -0.324 e. The van der Waals surface area contributed by atoms with E-state index in [1.807, 2.05) is 32.0 Å². The zero-order valence-corrected chi connectivity index (χ0v) is 14.3. The monoisotopic (exact) mass is 342 g/mol. The third-order valence-electron chi connectivity index (χ3n) is 4.00. The van der Waals surface area contributed by atoms with Crippen LogP contribution in [0.4, 0.5) is 5.69 Å². The second-order valence-corrected chi connectivity index (χ2v) is 6.67. The predicted octanol–water partition coefficient (Wildman–Crippen LogP) is 2.25. The number of anilines is 1. The number of amides is 2. The fourth-order valence-electron chi connectivity index (χ4n) is 2.46. The second-order valence-electron chi connectivity index (χ2n) is 5.67. The lowest BCUT2D eigenvalue weighted by atomic mass is 10.1. The fourth-order valence-corrected chi connectivity index (χ4v) is 3.62. The van der Waals surface area contributed by atoms with Gasteiger partial charge in [0.2, 0.25) is 5.91 Å². The summed E-state index contributed by atoms with van der Waals surface area (Å²) in [6.45, 7) is 4.02. The topological polar surface area (TPSA) is 75.2 Å². The van der Waals surface area contributed by atoms with Gasteiger partial charge in [-0.2, -0.15) is 0 Å². The molecule has 1 aliphatic rings. The van der Waals surface area contributed by atoms with Crippen LogP contribution in [-0.4, -0.2) is 44.4 Å². The number of aromatic nitrogens is 2. The number of rotatable bonds is 3. The minimum atomic E-state index is -0.508. The maximum atomic E-state index is 12.6. The molecule has 0 saturated carbocycles. The number of nitrogens with zero attached hydrogens (tertiary/aromatic N) is 3. The molecule has 7 heteroatoms. The van der Waals surface area contributed by atoms with Crippen molar-refractivity contribution in [2.75, 3.05) is 16.9 Å². The van der Waals surface area contributed by atoms with E-state index in [1.54, 1.807) is 16.7 Å². The van der Waals surface area contributed by atoms with Crippen molar-refractivity contribution in [2.24, 2.45) is 0 Å². The van der Waals surface area contributed by atoms with Crippen LogP contribution in [0.3, 0.4) is 0 Å². The number of carbonyl (C=O) groups excluding carboxylic acids is 2. The maximum absolute atomic E-state index is 12.6. The summed E-state index contributed by atoms with van der Waals surface area (Å²) in [5.41, 5.74) is 3.28. The van der Waals surface area contributed by atoms with Crippen LogP contribution in [0.15, 0.2) is 36.8 Å². The van der Waals surface area contributed by atoms with Crippen molar-refractivity contribution >= 4 is 29.3 Å². The van der Waals surface area contributed by atoms with Crippen LogP contribution in [-0.2, 0) is 4.79 Å².